The summed E-state index contributed by atoms with van der Waals surface area (Å²) in [6, 6.07) is 11.0. The predicted molar refractivity (Wildman–Crippen MR) is 140 cm³/mol. The molecule has 0 bridgehead atoms. The number of aliphatic hydroxyl groups is 1. The van der Waals surface area contributed by atoms with Crippen molar-refractivity contribution >= 4 is 29.0 Å². The second kappa shape index (κ2) is 10.2. The molecule has 2 aromatic carbocycles. The first-order valence-electron chi connectivity index (χ1n) is 12.7. The van der Waals surface area contributed by atoms with Crippen LogP contribution in [0.25, 0.3) is 5.76 Å². The molecule has 2 aromatic rings. The molecular formula is C29H30FN3O5. The number of aliphatic hydroxyl groups excluding tert-OH is 1. The Morgan fingerprint density at radius 3 is 2.58 bits per heavy atom. The number of carbonyl (C=O) groups is 3. The van der Waals surface area contributed by atoms with Gasteiger partial charge in [-0.2, -0.15) is 0 Å². The van der Waals surface area contributed by atoms with Gasteiger partial charge in [-0.25, -0.2) is 4.39 Å². The summed E-state index contributed by atoms with van der Waals surface area (Å²) in [5.74, 6) is -3.53. The van der Waals surface area contributed by atoms with Crippen molar-refractivity contribution in [2.24, 2.45) is 0 Å². The lowest BCUT2D eigenvalue weighted by molar-refractivity contribution is -0.143. The van der Waals surface area contributed by atoms with Crippen LogP contribution in [0.2, 0.25) is 0 Å². The molecule has 8 nitrogen and oxygen atoms in total. The van der Waals surface area contributed by atoms with Crippen LogP contribution in [-0.4, -0.2) is 78.4 Å². The molecule has 2 saturated heterocycles. The van der Waals surface area contributed by atoms with Gasteiger partial charge in [0.25, 0.3) is 17.6 Å². The molecule has 0 radical (unpaired) electrons. The Hall–Kier alpha value is -3.82. The highest BCUT2D eigenvalue weighted by Gasteiger charge is 2.66. The number of para-hydroxylation sites is 1. The quantitative estimate of drug-likeness (QED) is 0.262. The zero-order valence-corrected chi connectivity index (χ0v) is 21.3. The summed E-state index contributed by atoms with van der Waals surface area (Å²) in [6.07, 6.45) is 2.07. The number of ketones is 1. The number of aryl methyl sites for hydroxylation is 1. The summed E-state index contributed by atoms with van der Waals surface area (Å²) in [7, 11) is 0. The van der Waals surface area contributed by atoms with E-state index in [-0.39, 0.29) is 24.2 Å². The third-order valence-electron chi connectivity index (χ3n) is 7.53. The van der Waals surface area contributed by atoms with Crippen molar-refractivity contribution in [3.05, 3.63) is 83.2 Å². The average Bonchev–Trinajstić information content (AvgIpc) is 3.30. The molecule has 5 rings (SSSR count). The van der Waals surface area contributed by atoms with Crippen LogP contribution in [-0.2, 0) is 24.7 Å². The van der Waals surface area contributed by atoms with Gasteiger partial charge < -0.3 is 19.6 Å². The molecule has 1 N–H and O–H groups in total. The molecule has 2 amide bonds. The molecule has 3 heterocycles. The summed E-state index contributed by atoms with van der Waals surface area (Å²) in [6.45, 7) is 9.02. The highest BCUT2D eigenvalue weighted by Crippen LogP contribution is 2.53. The second-order valence-electron chi connectivity index (χ2n) is 9.71. The fourth-order valence-corrected chi connectivity index (χ4v) is 5.64. The number of fused-ring (bicyclic) bond motifs is 2. The first-order valence-corrected chi connectivity index (χ1v) is 12.7. The monoisotopic (exact) mass is 519 g/mol. The van der Waals surface area contributed by atoms with Gasteiger partial charge in [-0.3, -0.25) is 19.3 Å². The number of morpholine rings is 1. The number of benzene rings is 2. The van der Waals surface area contributed by atoms with Crippen LogP contribution in [0, 0.1) is 12.7 Å². The van der Waals surface area contributed by atoms with E-state index < -0.39 is 34.7 Å². The smallest absolute Gasteiger partial charge is 0.296 e. The molecule has 9 heteroatoms. The fraction of sp³-hybridized carbons (Fsp3) is 0.345. The zero-order valence-electron chi connectivity index (χ0n) is 21.3. The van der Waals surface area contributed by atoms with Crippen molar-refractivity contribution in [2.45, 2.75) is 18.9 Å². The van der Waals surface area contributed by atoms with Crippen LogP contribution in [0.1, 0.15) is 23.1 Å². The Morgan fingerprint density at radius 1 is 1.13 bits per heavy atom. The summed E-state index contributed by atoms with van der Waals surface area (Å²) in [4.78, 5) is 46.4. The van der Waals surface area contributed by atoms with E-state index >= 15 is 0 Å². The van der Waals surface area contributed by atoms with Crippen molar-refractivity contribution in [1.29, 1.82) is 0 Å². The van der Waals surface area contributed by atoms with Crippen LogP contribution in [0.3, 0.4) is 0 Å². The van der Waals surface area contributed by atoms with Gasteiger partial charge in [0.15, 0.2) is 5.54 Å². The van der Waals surface area contributed by atoms with E-state index in [1.165, 1.54) is 21.9 Å². The van der Waals surface area contributed by atoms with E-state index in [0.717, 1.165) is 19.2 Å². The lowest BCUT2D eigenvalue weighted by Gasteiger charge is -2.35. The molecule has 0 saturated carbocycles. The third kappa shape index (κ3) is 3.93. The minimum atomic E-state index is -1.87. The molecule has 3 aliphatic heterocycles. The minimum absolute atomic E-state index is 0.0197. The van der Waals surface area contributed by atoms with Gasteiger partial charge in [0.2, 0.25) is 0 Å². The molecule has 198 valence electrons. The number of anilines is 1. The van der Waals surface area contributed by atoms with Crippen molar-refractivity contribution in [1.82, 2.24) is 9.80 Å². The Bertz CT molecular complexity index is 1350. The van der Waals surface area contributed by atoms with Crippen LogP contribution in [0.5, 0.6) is 0 Å². The van der Waals surface area contributed by atoms with E-state index in [4.69, 9.17) is 4.74 Å². The Labute approximate surface area is 220 Å². The molecule has 1 spiro atoms. The van der Waals surface area contributed by atoms with Gasteiger partial charge in [-0.05, 0) is 31.0 Å². The number of hydrogen-bond donors (Lipinski definition) is 1. The fourth-order valence-electron chi connectivity index (χ4n) is 5.64. The highest BCUT2D eigenvalue weighted by molar-refractivity contribution is 6.50. The lowest BCUT2D eigenvalue weighted by Crippen LogP contribution is -2.52. The maximum Gasteiger partial charge on any atom is 0.296 e. The van der Waals surface area contributed by atoms with Crippen molar-refractivity contribution in [3.8, 4) is 0 Å². The molecule has 1 atom stereocenters. The SMILES string of the molecule is C=CCN1C(=O)[C@@]2(C(=C(O)c3ccc(C)c(F)c3)C(=O)C(=O)N2CCCN2CCOCC2)c2ccccc21. The number of carbonyl (C=O) groups excluding carboxylic acids is 3. The van der Waals surface area contributed by atoms with Crippen LogP contribution in [0.4, 0.5) is 10.1 Å². The Morgan fingerprint density at radius 2 is 1.87 bits per heavy atom. The number of nitrogens with zero attached hydrogens (tertiary/aromatic N) is 3. The standard InChI is InChI=1S/C29H30FN3O5/c1-3-11-32-23-8-5-4-7-21(23)29(28(32)37)24(25(34)20-10-9-19(2)22(30)18-20)26(35)27(36)33(29)13-6-12-31-14-16-38-17-15-31/h3-5,7-10,18,34H,1,6,11-17H2,2H3/t29-/m0/s1. The lowest BCUT2D eigenvalue weighted by atomic mass is 9.81. The average molecular weight is 520 g/mol. The largest absolute Gasteiger partial charge is 0.507 e. The Balaban J connectivity index is 1.67. The number of halogens is 1. The van der Waals surface area contributed by atoms with E-state index in [0.29, 0.717) is 43.0 Å². The minimum Gasteiger partial charge on any atom is -0.507 e. The van der Waals surface area contributed by atoms with Gasteiger partial charge in [0.1, 0.15) is 11.6 Å². The van der Waals surface area contributed by atoms with E-state index in [9.17, 15) is 23.9 Å². The number of likely N-dealkylation sites (tertiary alicyclic amines) is 1. The number of ether oxygens (including phenoxy) is 1. The van der Waals surface area contributed by atoms with Gasteiger partial charge >= 0.3 is 0 Å². The second-order valence-corrected chi connectivity index (χ2v) is 9.71. The molecule has 0 aliphatic carbocycles. The normalized spacial score (nSPS) is 22.9. The van der Waals surface area contributed by atoms with E-state index in [1.54, 1.807) is 37.3 Å². The van der Waals surface area contributed by atoms with Gasteiger partial charge in [-0.15, -0.1) is 6.58 Å². The molecule has 3 aliphatic rings. The molecule has 0 aromatic heterocycles. The predicted octanol–water partition coefficient (Wildman–Crippen LogP) is 2.96. The zero-order chi connectivity index (χ0) is 27.0. The molecule has 38 heavy (non-hydrogen) atoms. The van der Waals surface area contributed by atoms with Crippen LogP contribution in [0.15, 0.2) is 60.7 Å². The van der Waals surface area contributed by atoms with Gasteiger partial charge in [-0.1, -0.05) is 36.4 Å². The first kappa shape index (κ1) is 25.8. The van der Waals surface area contributed by atoms with Gasteiger partial charge in [0, 0.05) is 43.9 Å². The van der Waals surface area contributed by atoms with Crippen molar-refractivity contribution < 1.29 is 28.6 Å². The Kier molecular flexibility index (Phi) is 6.90. The summed E-state index contributed by atoms with van der Waals surface area (Å²) in [5, 5.41) is 11.5. The maximum absolute atomic E-state index is 14.5. The molecule has 2 fully saturated rings. The first-order chi connectivity index (χ1) is 18.3. The van der Waals surface area contributed by atoms with Crippen molar-refractivity contribution in [2.75, 3.05) is 50.8 Å². The van der Waals surface area contributed by atoms with E-state index in [2.05, 4.69) is 11.5 Å². The third-order valence-corrected chi connectivity index (χ3v) is 7.53. The van der Waals surface area contributed by atoms with Crippen molar-refractivity contribution in [3.63, 3.8) is 0 Å². The maximum atomic E-state index is 14.5. The number of amides is 2. The molecular weight excluding hydrogens is 489 g/mol. The van der Waals surface area contributed by atoms with Gasteiger partial charge in [0.05, 0.1) is 24.5 Å². The number of rotatable bonds is 7. The topological polar surface area (TPSA) is 90.4 Å². The van der Waals surface area contributed by atoms with Crippen LogP contribution >= 0.6 is 0 Å². The summed E-state index contributed by atoms with van der Waals surface area (Å²) >= 11 is 0. The van der Waals surface area contributed by atoms with Crippen LogP contribution < -0.4 is 4.90 Å². The summed E-state index contributed by atoms with van der Waals surface area (Å²) < 4.78 is 19.9. The van der Waals surface area contributed by atoms with E-state index in [1.807, 2.05) is 0 Å². The number of Topliss-reactive ketones (excluding diaryl/α,β-unsaturated/α-hetero) is 1. The summed E-state index contributed by atoms with van der Waals surface area (Å²) in [5.41, 5.74) is -0.888. The number of hydrogen-bond acceptors (Lipinski definition) is 6. The highest BCUT2D eigenvalue weighted by atomic mass is 19.1. The molecule has 0 unspecified atom stereocenters.